The normalized spacial score (nSPS) is 12.6. The Morgan fingerprint density at radius 3 is 0.974 bits per heavy atom. The molecule has 0 unspecified atom stereocenters. The molecule has 0 radical (unpaired) electrons. The second-order valence-corrected chi connectivity index (χ2v) is 21.3. The summed E-state index contributed by atoms with van der Waals surface area (Å²) in [5.74, 6) is 0. The van der Waals surface area contributed by atoms with Crippen molar-refractivity contribution in [1.82, 2.24) is 0 Å². The van der Waals surface area contributed by atoms with E-state index in [1.807, 2.05) is 0 Å². The molecule has 0 N–H and O–H groups in total. The molecule has 1 aliphatic carbocycles. The Hall–Kier alpha value is -9.76. The summed E-state index contributed by atoms with van der Waals surface area (Å²) in [7, 11) is 0. The molecule has 77 heavy (non-hydrogen) atoms. The lowest BCUT2D eigenvalue weighted by atomic mass is 9.82. The van der Waals surface area contributed by atoms with Gasteiger partial charge in [0.25, 0.3) is 0 Å². The Bertz CT molecular complexity index is 4360. The molecule has 0 fully saturated rings. The minimum Gasteiger partial charge on any atom is -0.310 e. The summed E-state index contributed by atoms with van der Waals surface area (Å²) in [6.45, 7) is 4.82. The highest BCUT2D eigenvalue weighted by Gasteiger charge is 2.37. The van der Waals surface area contributed by atoms with Gasteiger partial charge in [-0.15, -0.1) is 0 Å². The zero-order valence-electron chi connectivity index (χ0n) is 43.0. The fourth-order valence-corrected chi connectivity index (χ4v) is 12.6. The first-order valence-corrected chi connectivity index (χ1v) is 26.8. The number of hydrogen-bond acceptors (Lipinski definition) is 2. The van der Waals surface area contributed by atoms with Crippen molar-refractivity contribution in [2.45, 2.75) is 19.3 Å². The summed E-state index contributed by atoms with van der Waals surface area (Å²) < 4.78 is 0. The van der Waals surface area contributed by atoms with E-state index in [0.29, 0.717) is 0 Å². The van der Waals surface area contributed by atoms with Crippen LogP contribution in [0.15, 0.2) is 279 Å². The van der Waals surface area contributed by atoms with Crippen molar-refractivity contribution in [3.05, 3.63) is 290 Å². The molecule has 0 aromatic heterocycles. The lowest BCUT2D eigenvalue weighted by Gasteiger charge is -2.30. The smallest absolute Gasteiger partial charge is 0.0546 e. The third kappa shape index (κ3) is 7.40. The Balaban J connectivity index is 0.868. The number of rotatable bonds is 8. The van der Waals surface area contributed by atoms with Gasteiger partial charge in [0, 0.05) is 38.9 Å². The Labute approximate surface area is 449 Å². The standard InChI is InChI=1S/C75H52N2/c1-75(2)71-47-61(76(73-45-57-19-7-9-21-63(57)65-23-11-13-25-69(65)73)59-35-31-51(32-36-59)55-29-27-49-15-3-5-17-53(49)43-55)39-41-67(71)68-42-40-62(48-72(68)75)77(74-46-58-20-8-10-22-64(58)66-24-12-14-26-70(66)74)60-37-33-52(34-38-60)56-30-28-50-16-4-6-18-54(50)44-56/h3-48H,1-2H3. The molecule has 14 aromatic rings. The van der Waals surface area contributed by atoms with Gasteiger partial charge in [0.2, 0.25) is 0 Å². The van der Waals surface area contributed by atoms with Crippen LogP contribution in [0.25, 0.3) is 98.0 Å². The van der Waals surface area contributed by atoms with Crippen LogP contribution in [0.5, 0.6) is 0 Å². The molecule has 0 aliphatic heterocycles. The van der Waals surface area contributed by atoms with E-state index in [9.17, 15) is 0 Å². The molecule has 0 heterocycles. The van der Waals surface area contributed by atoms with Gasteiger partial charge in [-0.1, -0.05) is 220 Å². The van der Waals surface area contributed by atoms with Gasteiger partial charge in [-0.05, 0) is 171 Å². The molecule has 2 nitrogen and oxygen atoms in total. The van der Waals surface area contributed by atoms with Gasteiger partial charge < -0.3 is 9.80 Å². The molecule has 2 heteroatoms. The van der Waals surface area contributed by atoms with E-state index in [-0.39, 0.29) is 5.41 Å². The maximum atomic E-state index is 2.48. The summed E-state index contributed by atoms with van der Waals surface area (Å²) in [5.41, 5.74) is 16.4. The summed E-state index contributed by atoms with van der Waals surface area (Å²) in [6, 6.07) is 104. The quantitative estimate of drug-likeness (QED) is 0.140. The highest BCUT2D eigenvalue weighted by atomic mass is 15.2. The molecule has 1 aliphatic rings. The Morgan fingerprint density at radius 2 is 0.558 bits per heavy atom. The highest BCUT2D eigenvalue weighted by molar-refractivity contribution is 6.16. The largest absolute Gasteiger partial charge is 0.310 e. The van der Waals surface area contributed by atoms with Crippen LogP contribution in [0.3, 0.4) is 0 Å². The Kier molecular flexibility index (Phi) is 10.3. The monoisotopic (exact) mass is 980 g/mol. The van der Waals surface area contributed by atoms with E-state index in [4.69, 9.17) is 0 Å². The third-order valence-electron chi connectivity index (χ3n) is 16.6. The topological polar surface area (TPSA) is 6.48 Å². The molecular formula is C75H52N2. The molecule has 0 atom stereocenters. The third-order valence-corrected chi connectivity index (χ3v) is 16.6. The van der Waals surface area contributed by atoms with Crippen molar-refractivity contribution < 1.29 is 0 Å². The summed E-state index contributed by atoms with van der Waals surface area (Å²) >= 11 is 0. The van der Waals surface area contributed by atoms with Crippen molar-refractivity contribution in [1.29, 1.82) is 0 Å². The van der Waals surface area contributed by atoms with Gasteiger partial charge in [0.1, 0.15) is 0 Å². The fourth-order valence-electron chi connectivity index (χ4n) is 12.6. The van der Waals surface area contributed by atoms with Gasteiger partial charge >= 0.3 is 0 Å². The minimum atomic E-state index is -0.329. The van der Waals surface area contributed by atoms with Crippen LogP contribution < -0.4 is 9.80 Å². The van der Waals surface area contributed by atoms with E-state index in [1.165, 1.54) is 109 Å². The predicted molar refractivity (Wildman–Crippen MR) is 329 cm³/mol. The first-order chi connectivity index (χ1) is 37.9. The van der Waals surface area contributed by atoms with E-state index < -0.39 is 0 Å². The van der Waals surface area contributed by atoms with Crippen molar-refractivity contribution in [3.8, 4) is 33.4 Å². The molecule has 0 bridgehead atoms. The summed E-state index contributed by atoms with van der Waals surface area (Å²) in [4.78, 5) is 4.97. The second kappa shape index (κ2) is 17.7. The molecule has 0 saturated heterocycles. The van der Waals surface area contributed by atoms with E-state index in [0.717, 1.165) is 34.1 Å². The van der Waals surface area contributed by atoms with Gasteiger partial charge in [-0.25, -0.2) is 0 Å². The maximum Gasteiger partial charge on any atom is 0.0546 e. The lowest BCUT2D eigenvalue weighted by molar-refractivity contribution is 0.660. The number of anilines is 6. The Morgan fingerprint density at radius 1 is 0.234 bits per heavy atom. The van der Waals surface area contributed by atoms with E-state index >= 15 is 0 Å². The van der Waals surface area contributed by atoms with Crippen molar-refractivity contribution in [3.63, 3.8) is 0 Å². The highest BCUT2D eigenvalue weighted by Crippen LogP contribution is 2.54. The molecule has 0 amide bonds. The molecular weight excluding hydrogens is 929 g/mol. The van der Waals surface area contributed by atoms with E-state index in [2.05, 4.69) is 303 Å². The number of fused-ring (bicyclic) bond motifs is 11. The van der Waals surface area contributed by atoms with Crippen LogP contribution in [-0.4, -0.2) is 0 Å². The van der Waals surface area contributed by atoms with Gasteiger partial charge in [-0.2, -0.15) is 0 Å². The lowest BCUT2D eigenvalue weighted by Crippen LogP contribution is -2.18. The molecule has 0 spiro atoms. The second-order valence-electron chi connectivity index (χ2n) is 21.3. The van der Waals surface area contributed by atoms with Crippen LogP contribution in [0, 0.1) is 0 Å². The molecule has 14 aromatic carbocycles. The minimum absolute atomic E-state index is 0.329. The van der Waals surface area contributed by atoms with Crippen molar-refractivity contribution in [2.75, 3.05) is 9.80 Å². The van der Waals surface area contributed by atoms with Crippen molar-refractivity contribution in [2.24, 2.45) is 0 Å². The van der Waals surface area contributed by atoms with Crippen LogP contribution in [-0.2, 0) is 5.41 Å². The number of hydrogen-bond donors (Lipinski definition) is 0. The molecule has 15 rings (SSSR count). The van der Waals surface area contributed by atoms with E-state index in [1.54, 1.807) is 0 Å². The SMILES string of the molecule is CC1(C)c2cc(N(c3ccc(-c4ccc5ccccc5c4)cc3)c3cc4ccccc4c4ccccc34)ccc2-c2ccc(N(c3ccc(-c4ccc5ccccc5c4)cc3)c3cc4ccccc4c4ccccc34)cc21. The van der Waals surface area contributed by atoms with Gasteiger partial charge in [0.15, 0.2) is 0 Å². The molecule has 362 valence electrons. The number of nitrogens with zero attached hydrogens (tertiary/aromatic N) is 2. The van der Waals surface area contributed by atoms with Crippen LogP contribution in [0.1, 0.15) is 25.0 Å². The van der Waals surface area contributed by atoms with Crippen LogP contribution in [0.4, 0.5) is 34.1 Å². The molecule has 0 saturated carbocycles. The number of benzene rings is 14. The van der Waals surface area contributed by atoms with Gasteiger partial charge in [-0.3, -0.25) is 0 Å². The van der Waals surface area contributed by atoms with Crippen molar-refractivity contribution >= 4 is 98.8 Å². The zero-order valence-corrected chi connectivity index (χ0v) is 43.0. The van der Waals surface area contributed by atoms with Crippen LogP contribution >= 0.6 is 0 Å². The fraction of sp³-hybridized carbons (Fsp3) is 0.0400. The van der Waals surface area contributed by atoms with Gasteiger partial charge in [0.05, 0.1) is 11.4 Å². The summed E-state index contributed by atoms with van der Waals surface area (Å²) in [5, 5.41) is 14.8. The zero-order chi connectivity index (χ0) is 51.2. The summed E-state index contributed by atoms with van der Waals surface area (Å²) in [6.07, 6.45) is 0. The maximum absolute atomic E-state index is 2.48. The average Bonchev–Trinajstić information content (AvgIpc) is 3.85. The van der Waals surface area contributed by atoms with Crippen LogP contribution in [0.2, 0.25) is 0 Å². The predicted octanol–water partition coefficient (Wildman–Crippen LogP) is 21.2. The average molecular weight is 981 g/mol. The first-order valence-electron chi connectivity index (χ1n) is 26.8. The first kappa shape index (κ1) is 44.7.